The molecule has 0 aliphatic carbocycles. The quantitative estimate of drug-likeness (QED) is 0.848. The smallest absolute Gasteiger partial charge is 0.313 e. The van der Waals surface area contributed by atoms with Crippen LogP contribution in [0.15, 0.2) is 18.2 Å². The number of nitrogens with one attached hydrogen (secondary N) is 1. The van der Waals surface area contributed by atoms with Gasteiger partial charge in [-0.05, 0) is 64.0 Å². The molecule has 0 saturated carbocycles. The molecular formula is C17H25N3O2. The molecule has 1 N–H and O–H groups in total. The fourth-order valence-corrected chi connectivity index (χ4v) is 2.77. The molecule has 5 nitrogen and oxygen atoms in total. The zero-order valence-electron chi connectivity index (χ0n) is 13.8. The topological polar surface area (TPSA) is 52.7 Å². The van der Waals surface area contributed by atoms with E-state index < -0.39 is 11.8 Å². The Balaban J connectivity index is 1.99. The molecule has 1 fully saturated rings. The van der Waals surface area contributed by atoms with Gasteiger partial charge in [0.25, 0.3) is 0 Å². The van der Waals surface area contributed by atoms with Crippen LogP contribution in [0.1, 0.15) is 24.0 Å². The normalized spacial score (nSPS) is 16.4. The second-order valence-electron chi connectivity index (χ2n) is 6.15. The van der Waals surface area contributed by atoms with E-state index in [2.05, 4.69) is 17.3 Å². The molecule has 22 heavy (non-hydrogen) atoms. The molecule has 0 aromatic heterocycles. The molecule has 1 saturated heterocycles. The fraction of sp³-hybridized carbons (Fsp3) is 0.529. The van der Waals surface area contributed by atoms with E-state index in [1.807, 2.05) is 32.0 Å². The number of rotatable bonds is 2. The van der Waals surface area contributed by atoms with Gasteiger partial charge in [-0.2, -0.15) is 0 Å². The highest BCUT2D eigenvalue weighted by Gasteiger charge is 2.28. The van der Waals surface area contributed by atoms with Crippen molar-refractivity contribution in [1.82, 2.24) is 9.80 Å². The van der Waals surface area contributed by atoms with Crippen molar-refractivity contribution in [2.24, 2.45) is 0 Å². The van der Waals surface area contributed by atoms with Gasteiger partial charge in [-0.1, -0.05) is 12.1 Å². The van der Waals surface area contributed by atoms with Gasteiger partial charge >= 0.3 is 11.8 Å². The highest BCUT2D eigenvalue weighted by molar-refractivity contribution is 6.39. The lowest BCUT2D eigenvalue weighted by Gasteiger charge is -2.34. The SMILES string of the molecule is Cc1cccc(NC(=O)C(=O)N(C)C2CCN(C)CC2)c1C. The summed E-state index contributed by atoms with van der Waals surface area (Å²) in [6, 6.07) is 5.83. The molecule has 1 aliphatic heterocycles. The Hall–Kier alpha value is -1.88. The largest absolute Gasteiger partial charge is 0.334 e. The maximum Gasteiger partial charge on any atom is 0.313 e. The molecule has 0 spiro atoms. The average molecular weight is 303 g/mol. The Morgan fingerprint density at radius 2 is 1.86 bits per heavy atom. The Morgan fingerprint density at radius 3 is 2.50 bits per heavy atom. The molecule has 120 valence electrons. The number of anilines is 1. The van der Waals surface area contributed by atoms with Crippen molar-refractivity contribution in [3.8, 4) is 0 Å². The molecule has 2 rings (SSSR count). The molecule has 5 heteroatoms. The summed E-state index contributed by atoms with van der Waals surface area (Å²) in [6.45, 7) is 5.84. The second kappa shape index (κ2) is 6.92. The lowest BCUT2D eigenvalue weighted by molar-refractivity contribution is -0.144. The first kappa shape index (κ1) is 16.5. The van der Waals surface area contributed by atoms with Gasteiger partial charge in [0.15, 0.2) is 0 Å². The van der Waals surface area contributed by atoms with E-state index >= 15 is 0 Å². The van der Waals surface area contributed by atoms with Crippen LogP contribution in [-0.2, 0) is 9.59 Å². The van der Waals surface area contributed by atoms with Crippen molar-refractivity contribution in [2.45, 2.75) is 32.7 Å². The standard InChI is InChI=1S/C17H25N3O2/c1-12-6-5-7-15(13(12)2)18-16(21)17(22)20(4)14-8-10-19(3)11-9-14/h5-7,14H,8-11H2,1-4H3,(H,18,21). The highest BCUT2D eigenvalue weighted by Crippen LogP contribution is 2.19. The number of carbonyl (C=O) groups excluding carboxylic acids is 2. The van der Waals surface area contributed by atoms with E-state index in [9.17, 15) is 9.59 Å². The number of amides is 2. The Morgan fingerprint density at radius 1 is 1.23 bits per heavy atom. The average Bonchev–Trinajstić information content (AvgIpc) is 2.51. The molecule has 0 atom stereocenters. The minimum absolute atomic E-state index is 0.146. The third kappa shape index (κ3) is 3.65. The molecule has 0 bridgehead atoms. The Bertz CT molecular complexity index is 563. The highest BCUT2D eigenvalue weighted by atomic mass is 16.2. The number of likely N-dealkylation sites (tertiary alicyclic amines) is 1. The maximum atomic E-state index is 12.3. The van der Waals surface area contributed by atoms with E-state index in [0.29, 0.717) is 5.69 Å². The number of benzene rings is 1. The lowest BCUT2D eigenvalue weighted by Crippen LogP contribution is -2.47. The number of carbonyl (C=O) groups is 2. The van der Waals surface area contributed by atoms with Crippen molar-refractivity contribution in [1.29, 1.82) is 0 Å². The van der Waals surface area contributed by atoms with Crippen LogP contribution >= 0.6 is 0 Å². The maximum absolute atomic E-state index is 12.3. The summed E-state index contributed by atoms with van der Waals surface area (Å²) < 4.78 is 0. The lowest BCUT2D eigenvalue weighted by atomic mass is 10.0. The molecule has 1 aromatic carbocycles. The van der Waals surface area contributed by atoms with Crippen LogP contribution in [0.4, 0.5) is 5.69 Å². The first-order chi connectivity index (χ1) is 10.4. The number of hydrogen-bond acceptors (Lipinski definition) is 3. The predicted octanol–water partition coefficient (Wildman–Crippen LogP) is 1.79. The summed E-state index contributed by atoms with van der Waals surface area (Å²) in [7, 11) is 3.80. The zero-order chi connectivity index (χ0) is 16.3. The molecule has 0 radical (unpaired) electrons. The first-order valence-corrected chi connectivity index (χ1v) is 7.73. The van der Waals surface area contributed by atoms with Gasteiger partial charge in [-0.3, -0.25) is 9.59 Å². The van der Waals surface area contributed by atoms with Crippen molar-refractivity contribution < 1.29 is 9.59 Å². The van der Waals surface area contributed by atoms with Gasteiger partial charge in [0.05, 0.1) is 0 Å². The first-order valence-electron chi connectivity index (χ1n) is 7.73. The number of hydrogen-bond donors (Lipinski definition) is 1. The van der Waals surface area contributed by atoms with E-state index in [0.717, 1.165) is 37.1 Å². The van der Waals surface area contributed by atoms with Gasteiger partial charge in [-0.25, -0.2) is 0 Å². The van der Waals surface area contributed by atoms with E-state index in [1.165, 1.54) is 0 Å². The van der Waals surface area contributed by atoms with Crippen molar-refractivity contribution in [3.05, 3.63) is 29.3 Å². The van der Waals surface area contributed by atoms with Crippen LogP contribution in [0.2, 0.25) is 0 Å². The van der Waals surface area contributed by atoms with Crippen molar-refractivity contribution >= 4 is 17.5 Å². The monoisotopic (exact) mass is 303 g/mol. The van der Waals surface area contributed by atoms with Crippen LogP contribution in [-0.4, -0.2) is 54.8 Å². The van der Waals surface area contributed by atoms with E-state index in [4.69, 9.17) is 0 Å². The van der Waals surface area contributed by atoms with Crippen LogP contribution in [0, 0.1) is 13.8 Å². The zero-order valence-corrected chi connectivity index (χ0v) is 13.8. The van der Waals surface area contributed by atoms with Gasteiger partial charge in [0, 0.05) is 18.8 Å². The summed E-state index contributed by atoms with van der Waals surface area (Å²) in [5.41, 5.74) is 2.79. The predicted molar refractivity (Wildman–Crippen MR) is 87.8 cm³/mol. The van der Waals surface area contributed by atoms with Crippen LogP contribution in [0.5, 0.6) is 0 Å². The summed E-state index contributed by atoms with van der Waals surface area (Å²) >= 11 is 0. The number of aryl methyl sites for hydroxylation is 1. The summed E-state index contributed by atoms with van der Waals surface area (Å²) in [5, 5.41) is 2.74. The summed E-state index contributed by atoms with van der Waals surface area (Å²) in [5.74, 6) is -1.02. The molecular weight excluding hydrogens is 278 g/mol. The minimum atomic E-state index is -0.560. The molecule has 0 unspecified atom stereocenters. The Labute approximate surface area is 132 Å². The number of nitrogens with zero attached hydrogens (tertiary/aromatic N) is 2. The van der Waals surface area contributed by atoms with Gasteiger partial charge in [0.2, 0.25) is 0 Å². The molecule has 2 amide bonds. The van der Waals surface area contributed by atoms with Gasteiger partial charge < -0.3 is 15.1 Å². The van der Waals surface area contributed by atoms with Gasteiger partial charge in [-0.15, -0.1) is 0 Å². The third-order valence-electron chi connectivity index (χ3n) is 4.60. The van der Waals surface area contributed by atoms with Crippen LogP contribution in [0.3, 0.4) is 0 Å². The second-order valence-corrected chi connectivity index (χ2v) is 6.15. The number of likely N-dealkylation sites (N-methyl/N-ethyl adjacent to an activating group) is 1. The van der Waals surface area contributed by atoms with Crippen LogP contribution in [0.25, 0.3) is 0 Å². The minimum Gasteiger partial charge on any atom is -0.334 e. The molecule has 1 aliphatic rings. The Kier molecular flexibility index (Phi) is 5.19. The van der Waals surface area contributed by atoms with Gasteiger partial charge in [0.1, 0.15) is 0 Å². The molecule has 1 aromatic rings. The van der Waals surface area contributed by atoms with Crippen molar-refractivity contribution in [3.63, 3.8) is 0 Å². The third-order valence-corrected chi connectivity index (χ3v) is 4.60. The fourth-order valence-electron chi connectivity index (χ4n) is 2.77. The van der Waals surface area contributed by atoms with Crippen LogP contribution < -0.4 is 5.32 Å². The summed E-state index contributed by atoms with van der Waals surface area (Å²) in [6.07, 6.45) is 1.82. The summed E-state index contributed by atoms with van der Waals surface area (Å²) in [4.78, 5) is 28.4. The number of piperidine rings is 1. The molecule has 1 heterocycles. The van der Waals surface area contributed by atoms with Crippen molar-refractivity contribution in [2.75, 3.05) is 32.5 Å². The van der Waals surface area contributed by atoms with E-state index in [1.54, 1.807) is 11.9 Å². The van der Waals surface area contributed by atoms with E-state index in [-0.39, 0.29) is 6.04 Å².